The van der Waals surface area contributed by atoms with E-state index in [2.05, 4.69) is 4.98 Å². The van der Waals surface area contributed by atoms with E-state index in [1.807, 2.05) is 30.3 Å². The third kappa shape index (κ3) is 2.79. The smallest absolute Gasteiger partial charge is 0.358 e. The maximum atomic E-state index is 12.3. The first-order valence-corrected chi connectivity index (χ1v) is 8.08. The molecule has 6 heteroatoms. The van der Waals surface area contributed by atoms with Gasteiger partial charge >= 0.3 is 5.97 Å². The average Bonchev–Trinajstić information content (AvgIpc) is 3.10. The van der Waals surface area contributed by atoms with Crippen LogP contribution in [0, 0.1) is 5.92 Å². The monoisotopic (exact) mass is 328 g/mol. The molecule has 2 N–H and O–H groups in total. The normalized spacial score (nSPS) is 16.2. The van der Waals surface area contributed by atoms with Crippen LogP contribution in [0.1, 0.15) is 53.5 Å². The quantitative estimate of drug-likeness (QED) is 0.899. The van der Waals surface area contributed by atoms with Gasteiger partial charge in [0, 0.05) is 13.0 Å². The Labute approximate surface area is 139 Å². The minimum absolute atomic E-state index is 0.162. The molecule has 1 aliphatic carbocycles. The molecule has 1 heterocycles. The van der Waals surface area contributed by atoms with Gasteiger partial charge in [0.25, 0.3) is 5.56 Å². The zero-order valence-electron chi connectivity index (χ0n) is 13.5. The summed E-state index contributed by atoms with van der Waals surface area (Å²) < 4.78 is 1.28. The molecule has 1 aromatic heterocycles. The first-order chi connectivity index (χ1) is 11.5. The molecule has 3 rings (SSSR count). The molecule has 0 saturated heterocycles. The zero-order chi connectivity index (χ0) is 17.3. The number of aromatic hydroxyl groups is 1. The van der Waals surface area contributed by atoms with Gasteiger partial charge in [0.1, 0.15) is 5.82 Å². The first-order valence-electron chi connectivity index (χ1n) is 8.08. The highest BCUT2D eigenvalue weighted by atomic mass is 16.4. The van der Waals surface area contributed by atoms with E-state index in [0.717, 1.165) is 31.2 Å². The highest BCUT2D eigenvalue weighted by Gasteiger charge is 2.32. The Morgan fingerprint density at radius 2 is 1.88 bits per heavy atom. The molecular weight excluding hydrogens is 308 g/mol. The van der Waals surface area contributed by atoms with Crippen LogP contribution in [-0.2, 0) is 7.05 Å². The lowest BCUT2D eigenvalue weighted by Crippen LogP contribution is -2.29. The van der Waals surface area contributed by atoms with Crippen LogP contribution in [-0.4, -0.2) is 25.7 Å². The molecule has 126 valence electrons. The van der Waals surface area contributed by atoms with E-state index in [1.54, 1.807) is 0 Å². The van der Waals surface area contributed by atoms with Crippen LogP contribution in [0.25, 0.3) is 0 Å². The van der Waals surface area contributed by atoms with E-state index >= 15 is 0 Å². The second-order valence-electron chi connectivity index (χ2n) is 6.27. The number of carbonyl (C=O) groups is 1. The maximum Gasteiger partial charge on any atom is 0.358 e. The van der Waals surface area contributed by atoms with Crippen LogP contribution in [0.15, 0.2) is 35.1 Å². The molecule has 1 unspecified atom stereocenters. The van der Waals surface area contributed by atoms with Crippen LogP contribution in [0.3, 0.4) is 0 Å². The zero-order valence-corrected chi connectivity index (χ0v) is 13.5. The topological polar surface area (TPSA) is 92.4 Å². The van der Waals surface area contributed by atoms with Crippen molar-refractivity contribution in [1.82, 2.24) is 9.55 Å². The van der Waals surface area contributed by atoms with Crippen LogP contribution in [0.4, 0.5) is 0 Å². The third-order valence-electron chi connectivity index (χ3n) is 4.81. The van der Waals surface area contributed by atoms with Crippen LogP contribution < -0.4 is 5.56 Å². The Morgan fingerprint density at radius 1 is 1.25 bits per heavy atom. The van der Waals surface area contributed by atoms with Crippen molar-refractivity contribution in [2.24, 2.45) is 13.0 Å². The van der Waals surface area contributed by atoms with E-state index in [0.29, 0.717) is 11.7 Å². The standard InChI is InChI=1S/C18H20N2O4/c1-20-16(19-14(18(23)24)15(21)17(20)22)13(12-9-5-6-10-12)11-7-3-2-4-8-11/h2-4,7-8,12-13,21H,5-6,9-10H2,1H3,(H,23,24). The first kappa shape index (κ1) is 16.2. The predicted octanol–water partition coefficient (Wildman–Crippen LogP) is 2.51. The Hall–Kier alpha value is -2.63. The lowest BCUT2D eigenvalue weighted by Gasteiger charge is -2.25. The Bertz CT molecular complexity index is 808. The number of aromatic carboxylic acids is 1. The molecule has 6 nitrogen and oxygen atoms in total. The number of aromatic nitrogens is 2. The summed E-state index contributed by atoms with van der Waals surface area (Å²) in [6.07, 6.45) is 4.26. The lowest BCUT2D eigenvalue weighted by molar-refractivity contribution is 0.0685. The van der Waals surface area contributed by atoms with E-state index < -0.39 is 23.0 Å². The van der Waals surface area contributed by atoms with Crippen LogP contribution in [0.5, 0.6) is 5.75 Å². The number of hydrogen-bond donors (Lipinski definition) is 2. The van der Waals surface area contributed by atoms with Gasteiger partial charge in [-0.25, -0.2) is 9.78 Å². The number of benzene rings is 1. The van der Waals surface area contributed by atoms with Gasteiger partial charge < -0.3 is 10.2 Å². The molecule has 1 fully saturated rings. The molecule has 0 radical (unpaired) electrons. The Morgan fingerprint density at radius 3 is 2.46 bits per heavy atom. The summed E-state index contributed by atoms with van der Waals surface area (Å²) in [5.41, 5.74) is -0.294. The minimum Gasteiger partial charge on any atom is -0.501 e. The van der Waals surface area contributed by atoms with Crippen molar-refractivity contribution in [2.75, 3.05) is 0 Å². The fraction of sp³-hybridized carbons (Fsp3) is 0.389. The van der Waals surface area contributed by atoms with Crippen molar-refractivity contribution in [3.05, 3.63) is 57.8 Å². The van der Waals surface area contributed by atoms with Crippen LogP contribution in [0.2, 0.25) is 0 Å². The SMILES string of the molecule is Cn1c(C(c2ccccc2)C2CCCC2)nc(C(=O)O)c(O)c1=O. The van der Waals surface area contributed by atoms with Gasteiger partial charge in [0.15, 0.2) is 5.69 Å². The van der Waals surface area contributed by atoms with Gasteiger partial charge in [-0.2, -0.15) is 0 Å². The summed E-state index contributed by atoms with van der Waals surface area (Å²) in [5.74, 6) is -1.67. The van der Waals surface area contributed by atoms with E-state index in [-0.39, 0.29) is 5.92 Å². The number of carboxylic acids is 1. The summed E-state index contributed by atoms with van der Waals surface area (Å²) in [6.45, 7) is 0. The van der Waals surface area contributed by atoms with E-state index in [1.165, 1.54) is 11.6 Å². The number of hydrogen-bond acceptors (Lipinski definition) is 4. The van der Waals surface area contributed by atoms with E-state index in [4.69, 9.17) is 0 Å². The van der Waals surface area contributed by atoms with Crippen molar-refractivity contribution in [1.29, 1.82) is 0 Å². The summed E-state index contributed by atoms with van der Waals surface area (Å²) in [6, 6.07) is 9.72. The van der Waals surface area contributed by atoms with Gasteiger partial charge in [0.05, 0.1) is 0 Å². The van der Waals surface area contributed by atoms with Gasteiger partial charge in [-0.15, -0.1) is 0 Å². The molecule has 1 aromatic carbocycles. The molecule has 2 aromatic rings. The lowest BCUT2D eigenvalue weighted by atomic mass is 9.84. The van der Waals surface area contributed by atoms with Crippen molar-refractivity contribution in [3.63, 3.8) is 0 Å². The fourth-order valence-electron chi connectivity index (χ4n) is 3.62. The molecule has 1 aliphatic rings. The van der Waals surface area contributed by atoms with Gasteiger partial charge in [-0.1, -0.05) is 43.2 Å². The van der Waals surface area contributed by atoms with Crippen molar-refractivity contribution < 1.29 is 15.0 Å². The summed E-state index contributed by atoms with van der Waals surface area (Å²) in [7, 11) is 1.53. The fourth-order valence-corrected chi connectivity index (χ4v) is 3.62. The largest absolute Gasteiger partial charge is 0.501 e. The minimum atomic E-state index is -1.40. The molecule has 1 atom stereocenters. The third-order valence-corrected chi connectivity index (χ3v) is 4.81. The predicted molar refractivity (Wildman–Crippen MR) is 88.3 cm³/mol. The van der Waals surface area contributed by atoms with E-state index in [9.17, 15) is 19.8 Å². The summed E-state index contributed by atoms with van der Waals surface area (Å²) >= 11 is 0. The molecular formula is C18H20N2O4. The van der Waals surface area contributed by atoms with Crippen LogP contribution >= 0.6 is 0 Å². The van der Waals surface area contributed by atoms with Gasteiger partial charge in [-0.05, 0) is 24.3 Å². The number of rotatable bonds is 4. The second-order valence-corrected chi connectivity index (χ2v) is 6.27. The molecule has 1 saturated carbocycles. The molecule has 0 spiro atoms. The maximum absolute atomic E-state index is 12.3. The average molecular weight is 328 g/mol. The molecule has 0 aliphatic heterocycles. The highest BCUT2D eigenvalue weighted by molar-refractivity contribution is 5.88. The Balaban J connectivity index is 2.21. The number of carboxylic acid groups (broad SMARTS) is 1. The highest BCUT2D eigenvalue weighted by Crippen LogP contribution is 2.40. The van der Waals surface area contributed by atoms with Crippen molar-refractivity contribution >= 4 is 5.97 Å². The molecule has 0 amide bonds. The molecule has 0 bridgehead atoms. The van der Waals surface area contributed by atoms with Crippen molar-refractivity contribution in [3.8, 4) is 5.75 Å². The molecule has 24 heavy (non-hydrogen) atoms. The van der Waals surface area contributed by atoms with Gasteiger partial charge in [0.2, 0.25) is 5.75 Å². The second kappa shape index (κ2) is 6.47. The summed E-state index contributed by atoms with van der Waals surface area (Å²) in [5, 5.41) is 19.1. The van der Waals surface area contributed by atoms with Gasteiger partial charge in [-0.3, -0.25) is 9.36 Å². The van der Waals surface area contributed by atoms with Crippen molar-refractivity contribution in [2.45, 2.75) is 31.6 Å². The Kier molecular flexibility index (Phi) is 4.38. The summed E-state index contributed by atoms with van der Waals surface area (Å²) in [4.78, 5) is 27.8. The number of nitrogens with zero attached hydrogens (tertiary/aromatic N) is 2.